The number of aliphatic hydroxyl groups is 1. The Bertz CT molecular complexity index is 1310. The Morgan fingerprint density at radius 2 is 1.28 bits per heavy atom. The van der Waals surface area contributed by atoms with E-state index >= 15 is 0 Å². The molecule has 208 valence electrons. The molecule has 0 aromatic heterocycles. The Morgan fingerprint density at radius 3 is 1.90 bits per heavy atom. The molecule has 2 aliphatic rings. The quantitative estimate of drug-likeness (QED) is 0.355. The molecule has 0 aliphatic carbocycles. The predicted molar refractivity (Wildman–Crippen MR) is 145 cm³/mol. The van der Waals surface area contributed by atoms with Crippen LogP contribution in [0.2, 0.25) is 0 Å². The van der Waals surface area contributed by atoms with E-state index in [4.69, 9.17) is 33.2 Å². The zero-order chi connectivity index (χ0) is 27.7. The lowest BCUT2D eigenvalue weighted by Crippen LogP contribution is -2.22. The molecule has 2 aliphatic heterocycles. The van der Waals surface area contributed by atoms with Gasteiger partial charge in [-0.2, -0.15) is 0 Å². The van der Waals surface area contributed by atoms with Crippen molar-refractivity contribution in [3.8, 4) is 34.5 Å². The maximum atomic E-state index is 10.9. The summed E-state index contributed by atoms with van der Waals surface area (Å²) in [5, 5.41) is 10.9. The van der Waals surface area contributed by atoms with Crippen molar-refractivity contribution >= 4 is 0 Å². The second-order valence-corrected chi connectivity index (χ2v) is 10.1. The molecule has 0 amide bonds. The van der Waals surface area contributed by atoms with Gasteiger partial charge in [0.05, 0.1) is 33.5 Å². The third kappa shape index (κ3) is 5.18. The number of aliphatic hydroxyl groups excluding tert-OH is 1. The zero-order valence-corrected chi connectivity index (χ0v) is 23.2. The van der Waals surface area contributed by atoms with E-state index in [9.17, 15) is 5.11 Å². The summed E-state index contributed by atoms with van der Waals surface area (Å²) in [5.41, 5.74) is 2.74. The first-order valence-electron chi connectivity index (χ1n) is 13.1. The minimum atomic E-state index is -0.870. The van der Waals surface area contributed by atoms with Crippen molar-refractivity contribution in [2.45, 2.75) is 45.2 Å². The van der Waals surface area contributed by atoms with Crippen LogP contribution in [0.3, 0.4) is 0 Å². The summed E-state index contributed by atoms with van der Waals surface area (Å²) in [4.78, 5) is 0. The van der Waals surface area contributed by atoms with E-state index in [0.717, 1.165) is 11.1 Å². The molecule has 0 bridgehead atoms. The Morgan fingerprint density at radius 1 is 0.718 bits per heavy atom. The maximum Gasteiger partial charge on any atom is 0.231 e. The van der Waals surface area contributed by atoms with Gasteiger partial charge < -0.3 is 38.3 Å². The second kappa shape index (κ2) is 11.2. The molecule has 1 saturated heterocycles. The molecule has 2 heterocycles. The molecule has 0 spiro atoms. The summed E-state index contributed by atoms with van der Waals surface area (Å²) in [6.07, 6.45) is -1.63. The highest BCUT2D eigenvalue weighted by Crippen LogP contribution is 2.51. The highest BCUT2D eigenvalue weighted by Gasteiger charge is 2.41. The summed E-state index contributed by atoms with van der Waals surface area (Å²) in [6, 6.07) is 17.2. The minimum Gasteiger partial charge on any atom is -0.493 e. The molecule has 1 fully saturated rings. The van der Waals surface area contributed by atoms with Gasteiger partial charge in [-0.1, -0.05) is 32.0 Å². The molecule has 3 aromatic rings. The number of rotatable bonds is 9. The Balaban J connectivity index is 1.32. The van der Waals surface area contributed by atoms with Gasteiger partial charge in [0.25, 0.3) is 0 Å². The number of fused-ring (bicyclic) bond motifs is 1. The Kier molecular flexibility index (Phi) is 7.77. The van der Waals surface area contributed by atoms with E-state index < -0.39 is 12.2 Å². The van der Waals surface area contributed by atoms with Crippen LogP contribution in [0.1, 0.15) is 55.8 Å². The highest BCUT2D eigenvalue weighted by atomic mass is 16.7. The smallest absolute Gasteiger partial charge is 0.231 e. The monoisotopic (exact) mass is 536 g/mol. The van der Waals surface area contributed by atoms with Crippen LogP contribution in [0.4, 0.5) is 0 Å². The molecule has 1 N–H and O–H groups in total. The molecule has 2 unspecified atom stereocenters. The van der Waals surface area contributed by atoms with Crippen molar-refractivity contribution in [2.24, 2.45) is 11.8 Å². The van der Waals surface area contributed by atoms with Gasteiger partial charge in [-0.3, -0.25) is 0 Å². The molecular weight excluding hydrogens is 500 g/mol. The summed E-state index contributed by atoms with van der Waals surface area (Å²) in [5.74, 6) is 4.31. The fourth-order valence-corrected chi connectivity index (χ4v) is 5.34. The predicted octanol–water partition coefficient (Wildman–Crippen LogP) is 6.03. The van der Waals surface area contributed by atoms with Crippen molar-refractivity contribution in [2.75, 3.05) is 28.1 Å². The molecular formula is C31H36O8. The summed E-state index contributed by atoms with van der Waals surface area (Å²) < 4.78 is 40.2. The van der Waals surface area contributed by atoms with Crippen molar-refractivity contribution < 1.29 is 38.3 Å². The van der Waals surface area contributed by atoms with Crippen LogP contribution in [0, 0.1) is 11.8 Å². The Labute approximate surface area is 229 Å². The van der Waals surface area contributed by atoms with Crippen LogP contribution in [0.5, 0.6) is 34.5 Å². The van der Waals surface area contributed by atoms with E-state index in [1.54, 1.807) is 33.5 Å². The van der Waals surface area contributed by atoms with Crippen LogP contribution < -0.4 is 28.4 Å². The van der Waals surface area contributed by atoms with Crippen LogP contribution in [-0.4, -0.2) is 39.3 Å². The topological polar surface area (TPSA) is 84.8 Å². The second-order valence-electron chi connectivity index (χ2n) is 10.1. The van der Waals surface area contributed by atoms with E-state index in [-0.39, 0.29) is 30.8 Å². The lowest BCUT2D eigenvalue weighted by Gasteiger charge is -2.23. The number of benzene rings is 3. The van der Waals surface area contributed by atoms with Crippen molar-refractivity contribution in [1.82, 2.24) is 0 Å². The van der Waals surface area contributed by atoms with E-state index in [1.165, 1.54) is 0 Å². The van der Waals surface area contributed by atoms with Gasteiger partial charge in [0.1, 0.15) is 12.2 Å². The molecule has 5 rings (SSSR count). The van der Waals surface area contributed by atoms with Crippen molar-refractivity contribution in [3.05, 3.63) is 71.3 Å². The van der Waals surface area contributed by atoms with Crippen LogP contribution in [0.25, 0.3) is 0 Å². The lowest BCUT2D eigenvalue weighted by molar-refractivity contribution is 0.0284. The highest BCUT2D eigenvalue weighted by molar-refractivity contribution is 5.47. The van der Waals surface area contributed by atoms with Gasteiger partial charge in [-0.05, 0) is 71.8 Å². The SMILES string of the molecule is COc1ccc([C@@H]2O[C@H](c3ccc(OC(C)C(O)c4ccc5c(c4)OCO5)c(OC)c3)[C@H](C)[C@@H]2C)cc1OC. The third-order valence-electron chi connectivity index (χ3n) is 7.83. The fourth-order valence-electron chi connectivity index (χ4n) is 5.34. The number of ether oxygens (including phenoxy) is 7. The normalized spacial score (nSPS) is 23.3. The Hall–Kier alpha value is -3.62. The first-order valence-corrected chi connectivity index (χ1v) is 13.1. The zero-order valence-electron chi connectivity index (χ0n) is 23.2. The van der Waals surface area contributed by atoms with E-state index in [0.29, 0.717) is 40.1 Å². The van der Waals surface area contributed by atoms with Crippen molar-refractivity contribution in [3.63, 3.8) is 0 Å². The fraction of sp³-hybridized carbons (Fsp3) is 0.419. The standard InChI is InChI=1S/C31H36O8/c1-17-18(2)31(39-30(17)21-8-10-23(33-4)26(14-21)34-5)22-9-12-25(27(15-22)35-6)38-19(3)29(32)20-7-11-24-28(13-20)37-16-36-24/h7-15,17-19,29-32H,16H2,1-6H3/t17-,18+,19?,29?,30+,31-/m0/s1. The molecule has 6 atom stereocenters. The van der Waals surface area contributed by atoms with Gasteiger partial charge in [0, 0.05) is 0 Å². The maximum absolute atomic E-state index is 10.9. The summed E-state index contributed by atoms with van der Waals surface area (Å²) in [7, 11) is 4.87. The van der Waals surface area contributed by atoms with Crippen LogP contribution in [0.15, 0.2) is 54.6 Å². The van der Waals surface area contributed by atoms with Gasteiger partial charge in [0.2, 0.25) is 6.79 Å². The number of methoxy groups -OCH3 is 3. The van der Waals surface area contributed by atoms with Gasteiger partial charge in [-0.25, -0.2) is 0 Å². The van der Waals surface area contributed by atoms with E-state index in [1.807, 2.05) is 49.4 Å². The van der Waals surface area contributed by atoms with E-state index in [2.05, 4.69) is 13.8 Å². The average molecular weight is 537 g/mol. The molecule has 0 saturated carbocycles. The van der Waals surface area contributed by atoms with Gasteiger partial charge >= 0.3 is 0 Å². The lowest BCUT2D eigenvalue weighted by atomic mass is 9.85. The van der Waals surface area contributed by atoms with Crippen LogP contribution in [-0.2, 0) is 4.74 Å². The summed E-state index contributed by atoms with van der Waals surface area (Å²) >= 11 is 0. The molecule has 3 aromatic carbocycles. The first-order chi connectivity index (χ1) is 18.8. The molecule has 39 heavy (non-hydrogen) atoms. The van der Waals surface area contributed by atoms with Crippen molar-refractivity contribution in [1.29, 1.82) is 0 Å². The van der Waals surface area contributed by atoms with Gasteiger partial charge in [-0.15, -0.1) is 0 Å². The van der Waals surface area contributed by atoms with Crippen LogP contribution >= 0.6 is 0 Å². The number of hydrogen-bond donors (Lipinski definition) is 1. The number of hydrogen-bond acceptors (Lipinski definition) is 8. The molecule has 0 radical (unpaired) electrons. The largest absolute Gasteiger partial charge is 0.493 e. The van der Waals surface area contributed by atoms with Gasteiger partial charge in [0.15, 0.2) is 34.5 Å². The molecule has 8 nitrogen and oxygen atoms in total. The average Bonchev–Trinajstić information content (AvgIpc) is 3.56. The minimum absolute atomic E-state index is 0.0939. The summed E-state index contributed by atoms with van der Waals surface area (Å²) in [6.45, 7) is 6.42. The first kappa shape index (κ1) is 27.0. The molecule has 8 heteroatoms. The third-order valence-corrected chi connectivity index (χ3v) is 7.83.